The molecule has 2 heterocycles. The molecule has 0 radical (unpaired) electrons. The molecule has 2 aromatic rings. The Morgan fingerprint density at radius 2 is 1.67 bits per heavy atom. The highest BCUT2D eigenvalue weighted by Gasteiger charge is 2.47. The van der Waals surface area contributed by atoms with Gasteiger partial charge in [0.15, 0.2) is 11.5 Å². The van der Waals surface area contributed by atoms with Crippen molar-refractivity contribution in [2.24, 2.45) is 0 Å². The van der Waals surface area contributed by atoms with E-state index in [2.05, 4.69) is 0 Å². The molecule has 7 nitrogen and oxygen atoms in total. The third-order valence-corrected chi connectivity index (χ3v) is 6.88. The van der Waals surface area contributed by atoms with Gasteiger partial charge in [-0.15, -0.1) is 0 Å². The van der Waals surface area contributed by atoms with Crippen molar-refractivity contribution in [2.75, 3.05) is 34.4 Å². The molecule has 2 amide bonds. The summed E-state index contributed by atoms with van der Waals surface area (Å²) in [4.78, 5) is 29.6. The fourth-order valence-corrected chi connectivity index (χ4v) is 5.01. The lowest BCUT2D eigenvalue weighted by atomic mass is 9.84. The van der Waals surface area contributed by atoms with Crippen LogP contribution >= 0.6 is 0 Å². The first-order valence-corrected chi connectivity index (χ1v) is 11.1. The van der Waals surface area contributed by atoms with Crippen LogP contribution in [0.15, 0.2) is 36.4 Å². The summed E-state index contributed by atoms with van der Waals surface area (Å²) < 4.78 is 30.4. The van der Waals surface area contributed by atoms with Crippen LogP contribution in [0.4, 0.5) is 4.39 Å². The van der Waals surface area contributed by atoms with E-state index in [-0.39, 0.29) is 29.7 Å². The first kappa shape index (κ1) is 22.9. The van der Waals surface area contributed by atoms with Crippen LogP contribution in [0.25, 0.3) is 0 Å². The van der Waals surface area contributed by atoms with Crippen molar-refractivity contribution in [3.05, 3.63) is 53.3 Å². The van der Waals surface area contributed by atoms with Gasteiger partial charge in [0, 0.05) is 37.2 Å². The summed E-state index contributed by atoms with van der Waals surface area (Å²) in [7, 11) is 4.52. The monoisotopic (exact) mass is 456 g/mol. The van der Waals surface area contributed by atoms with Crippen LogP contribution in [0, 0.1) is 5.82 Å². The SMILES string of the molecule is COc1ccc(C(=O)N2CCC3(CCC(=O)N3Cc3ccccc3F)CC2)c(OC)c1OC. The minimum absolute atomic E-state index is 0.0413. The van der Waals surface area contributed by atoms with E-state index >= 15 is 0 Å². The number of carbonyl (C=O) groups excluding carboxylic acids is 2. The number of piperidine rings is 1. The Labute approximate surface area is 193 Å². The number of benzene rings is 2. The summed E-state index contributed by atoms with van der Waals surface area (Å²) >= 11 is 0. The maximum Gasteiger partial charge on any atom is 0.257 e. The van der Waals surface area contributed by atoms with Crippen molar-refractivity contribution in [3.63, 3.8) is 0 Å². The molecule has 0 saturated carbocycles. The predicted molar refractivity (Wildman–Crippen MR) is 120 cm³/mol. The topological polar surface area (TPSA) is 68.3 Å². The molecular formula is C25H29FN2O5. The van der Waals surface area contributed by atoms with Crippen LogP contribution in [-0.2, 0) is 11.3 Å². The number of hydrogen-bond donors (Lipinski definition) is 0. The molecule has 8 heteroatoms. The number of rotatable bonds is 6. The van der Waals surface area contributed by atoms with Crippen molar-refractivity contribution < 1.29 is 28.2 Å². The molecule has 2 aliphatic rings. The molecule has 0 unspecified atom stereocenters. The van der Waals surface area contributed by atoms with Gasteiger partial charge >= 0.3 is 0 Å². The van der Waals surface area contributed by atoms with E-state index in [1.54, 1.807) is 35.2 Å². The normalized spacial score (nSPS) is 17.4. The number of halogens is 1. The van der Waals surface area contributed by atoms with Crippen molar-refractivity contribution in [1.29, 1.82) is 0 Å². The highest BCUT2D eigenvalue weighted by molar-refractivity contribution is 5.98. The minimum atomic E-state index is -0.349. The van der Waals surface area contributed by atoms with E-state index in [0.29, 0.717) is 60.7 Å². The molecular weight excluding hydrogens is 427 g/mol. The number of ether oxygens (including phenoxy) is 3. The fraction of sp³-hybridized carbons (Fsp3) is 0.440. The Morgan fingerprint density at radius 1 is 0.970 bits per heavy atom. The Hall–Kier alpha value is -3.29. The molecule has 2 saturated heterocycles. The van der Waals surface area contributed by atoms with Gasteiger partial charge in [0.1, 0.15) is 5.82 Å². The van der Waals surface area contributed by atoms with Gasteiger partial charge in [-0.2, -0.15) is 0 Å². The number of hydrogen-bond acceptors (Lipinski definition) is 5. The summed E-state index contributed by atoms with van der Waals surface area (Å²) in [5.41, 5.74) is 0.565. The average molecular weight is 457 g/mol. The van der Waals surface area contributed by atoms with Gasteiger partial charge in [0.05, 0.1) is 26.9 Å². The van der Waals surface area contributed by atoms with Gasteiger partial charge in [-0.05, 0) is 37.5 Å². The molecule has 0 atom stereocenters. The van der Waals surface area contributed by atoms with Crippen molar-refractivity contribution in [1.82, 2.24) is 9.80 Å². The number of methoxy groups -OCH3 is 3. The molecule has 0 aliphatic carbocycles. The van der Waals surface area contributed by atoms with Crippen LogP contribution < -0.4 is 14.2 Å². The average Bonchev–Trinajstić information content (AvgIpc) is 3.14. The van der Waals surface area contributed by atoms with Crippen molar-refractivity contribution >= 4 is 11.8 Å². The molecule has 2 fully saturated rings. The van der Waals surface area contributed by atoms with Gasteiger partial charge < -0.3 is 24.0 Å². The standard InChI is InChI=1S/C25H29FN2O5/c1-31-20-9-8-18(22(32-2)23(20)33-3)24(30)27-14-12-25(13-15-27)11-10-21(29)28(25)16-17-6-4-5-7-19(17)26/h4-9H,10-16H2,1-3H3. The molecule has 176 valence electrons. The van der Waals surface area contributed by atoms with E-state index < -0.39 is 0 Å². The van der Waals surface area contributed by atoms with E-state index in [9.17, 15) is 14.0 Å². The highest BCUT2D eigenvalue weighted by atomic mass is 19.1. The van der Waals surface area contributed by atoms with Crippen LogP contribution in [0.3, 0.4) is 0 Å². The Kier molecular flexibility index (Phi) is 6.44. The zero-order valence-electron chi connectivity index (χ0n) is 19.2. The van der Waals surface area contributed by atoms with Crippen molar-refractivity contribution in [3.8, 4) is 17.2 Å². The Bertz CT molecular complexity index is 1050. The third-order valence-electron chi connectivity index (χ3n) is 6.88. The predicted octanol–water partition coefficient (Wildman–Crippen LogP) is 3.65. The summed E-state index contributed by atoms with van der Waals surface area (Å²) in [6.07, 6.45) is 2.47. The molecule has 4 rings (SSSR count). The maximum atomic E-state index is 14.2. The molecule has 0 aromatic heterocycles. The number of carbonyl (C=O) groups is 2. The largest absolute Gasteiger partial charge is 0.493 e. The maximum absolute atomic E-state index is 14.2. The minimum Gasteiger partial charge on any atom is -0.493 e. The molecule has 0 bridgehead atoms. The second-order valence-corrected chi connectivity index (χ2v) is 8.47. The molecule has 2 aliphatic heterocycles. The number of likely N-dealkylation sites (tertiary alicyclic amines) is 2. The molecule has 1 spiro atoms. The first-order valence-electron chi connectivity index (χ1n) is 11.1. The zero-order chi connectivity index (χ0) is 23.6. The van der Waals surface area contributed by atoms with E-state index in [4.69, 9.17) is 14.2 Å². The second-order valence-electron chi connectivity index (χ2n) is 8.47. The van der Waals surface area contributed by atoms with Crippen LogP contribution in [0.5, 0.6) is 17.2 Å². The Balaban J connectivity index is 1.52. The van der Waals surface area contributed by atoms with E-state index in [0.717, 1.165) is 6.42 Å². The summed E-state index contributed by atoms with van der Waals surface area (Å²) in [6.45, 7) is 1.25. The molecule has 33 heavy (non-hydrogen) atoms. The summed E-state index contributed by atoms with van der Waals surface area (Å²) in [5, 5.41) is 0. The number of nitrogens with zero attached hydrogens (tertiary/aromatic N) is 2. The van der Waals surface area contributed by atoms with Gasteiger partial charge in [-0.1, -0.05) is 18.2 Å². The quantitative estimate of drug-likeness (QED) is 0.664. The smallest absolute Gasteiger partial charge is 0.257 e. The lowest BCUT2D eigenvalue weighted by Gasteiger charge is -2.45. The zero-order valence-corrected chi connectivity index (χ0v) is 19.2. The number of amides is 2. The second kappa shape index (κ2) is 9.29. The molecule has 0 N–H and O–H groups in total. The van der Waals surface area contributed by atoms with Crippen LogP contribution in [0.1, 0.15) is 41.6 Å². The fourth-order valence-electron chi connectivity index (χ4n) is 5.01. The molecule has 2 aromatic carbocycles. The van der Waals surface area contributed by atoms with Gasteiger partial charge in [-0.3, -0.25) is 9.59 Å². The van der Waals surface area contributed by atoms with E-state index in [1.165, 1.54) is 27.4 Å². The Morgan fingerprint density at radius 3 is 2.30 bits per heavy atom. The first-order chi connectivity index (χ1) is 15.9. The van der Waals surface area contributed by atoms with Gasteiger partial charge in [0.25, 0.3) is 5.91 Å². The van der Waals surface area contributed by atoms with Gasteiger partial charge in [0.2, 0.25) is 11.7 Å². The third kappa shape index (κ3) is 4.10. The van der Waals surface area contributed by atoms with Gasteiger partial charge in [-0.25, -0.2) is 4.39 Å². The summed E-state index contributed by atoms with van der Waals surface area (Å²) in [5.74, 6) is 0.764. The van der Waals surface area contributed by atoms with Crippen LogP contribution in [0.2, 0.25) is 0 Å². The summed E-state index contributed by atoms with van der Waals surface area (Å²) in [6, 6.07) is 9.93. The van der Waals surface area contributed by atoms with Crippen molar-refractivity contribution in [2.45, 2.75) is 37.8 Å². The lowest BCUT2D eigenvalue weighted by Crippen LogP contribution is -2.53. The van der Waals surface area contributed by atoms with E-state index in [1.807, 2.05) is 4.90 Å². The van der Waals surface area contributed by atoms with Crippen LogP contribution in [-0.4, -0.2) is 61.6 Å². The highest BCUT2D eigenvalue weighted by Crippen LogP contribution is 2.43. The lowest BCUT2D eigenvalue weighted by molar-refractivity contribution is -0.133.